The molecule has 3 atom stereocenters. The second kappa shape index (κ2) is 10.3. The number of primary amides is 1. The number of carbonyl (C=O) groups is 3. The average molecular weight is 413 g/mol. The first-order valence-corrected chi connectivity index (χ1v) is 9.52. The highest BCUT2D eigenvalue weighted by molar-refractivity contribution is 6.32. The van der Waals surface area contributed by atoms with Gasteiger partial charge < -0.3 is 25.2 Å². The van der Waals surface area contributed by atoms with E-state index in [4.69, 9.17) is 36.7 Å². The fourth-order valence-electron chi connectivity index (χ4n) is 3.69. The second-order valence-corrected chi connectivity index (χ2v) is 6.98. The second-order valence-electron chi connectivity index (χ2n) is 6.57. The van der Waals surface area contributed by atoms with Gasteiger partial charge in [-0.1, -0.05) is 11.6 Å². The third kappa shape index (κ3) is 5.14. The molecule has 2 amide bonds. The van der Waals surface area contributed by atoms with Gasteiger partial charge in [-0.2, -0.15) is 0 Å². The lowest BCUT2D eigenvalue weighted by molar-refractivity contribution is -0.128. The number of rotatable bonds is 4. The van der Waals surface area contributed by atoms with Gasteiger partial charge >= 0.3 is 0 Å². The average Bonchev–Trinajstić information content (AvgIpc) is 2.68. The lowest BCUT2D eigenvalue weighted by atomic mass is 9.81. The van der Waals surface area contributed by atoms with Crippen LogP contribution in [0.4, 0.5) is 0 Å². The molecule has 0 aromatic heterocycles. The zero-order chi connectivity index (χ0) is 20.7. The highest BCUT2D eigenvalue weighted by atomic mass is 35.5. The molecule has 1 heterocycles. The van der Waals surface area contributed by atoms with Gasteiger partial charge in [-0.05, 0) is 44.4 Å². The van der Waals surface area contributed by atoms with Gasteiger partial charge in [0.25, 0.3) is 12.4 Å². The number of ether oxygens (including phenoxy) is 2. The number of nitrogens with zero attached hydrogens (tertiary/aromatic N) is 1. The molecule has 0 radical (unpaired) electrons. The van der Waals surface area contributed by atoms with Crippen LogP contribution in [0.2, 0.25) is 5.02 Å². The van der Waals surface area contributed by atoms with Crippen molar-refractivity contribution in [2.24, 2.45) is 11.7 Å². The van der Waals surface area contributed by atoms with Gasteiger partial charge in [0.2, 0.25) is 5.91 Å². The Labute approximate surface area is 168 Å². The third-order valence-corrected chi connectivity index (χ3v) is 5.26. The van der Waals surface area contributed by atoms with Crippen molar-refractivity contribution in [2.45, 2.75) is 38.3 Å². The van der Waals surface area contributed by atoms with Gasteiger partial charge in [0.1, 0.15) is 5.75 Å². The van der Waals surface area contributed by atoms with Crippen LogP contribution < -0.4 is 10.5 Å². The molecule has 2 fully saturated rings. The van der Waals surface area contributed by atoms with Crippen LogP contribution in [0.3, 0.4) is 0 Å². The molecular weight excluding hydrogens is 388 g/mol. The minimum absolute atomic E-state index is 0.0357. The molecule has 1 saturated heterocycles. The topological polar surface area (TPSA) is 119 Å². The van der Waals surface area contributed by atoms with E-state index in [1.165, 1.54) is 0 Å². The Bertz CT molecular complexity index is 714. The molecule has 3 N–H and O–H groups in total. The maximum Gasteiger partial charge on any atom is 0.290 e. The summed E-state index contributed by atoms with van der Waals surface area (Å²) in [6.45, 7) is 3.13. The number of halogens is 1. The Kier molecular flexibility index (Phi) is 8.07. The fraction of sp³-hybridized carbons (Fsp3) is 0.526. The van der Waals surface area contributed by atoms with Crippen molar-refractivity contribution in [3.05, 3.63) is 28.8 Å². The van der Waals surface area contributed by atoms with Crippen LogP contribution in [0.5, 0.6) is 5.75 Å². The number of benzene rings is 1. The molecule has 3 rings (SSSR count). The summed E-state index contributed by atoms with van der Waals surface area (Å²) in [5.41, 5.74) is 5.98. The molecule has 1 aromatic rings. The Hall–Kier alpha value is -2.32. The molecular formula is C19H25ClN2O6. The summed E-state index contributed by atoms with van der Waals surface area (Å²) in [6.07, 6.45) is 1.97. The summed E-state index contributed by atoms with van der Waals surface area (Å²) in [4.78, 5) is 34.7. The first kappa shape index (κ1) is 22.0. The molecule has 1 aliphatic carbocycles. The quantitative estimate of drug-likeness (QED) is 0.729. The first-order valence-electron chi connectivity index (χ1n) is 9.15. The SMILES string of the molecule is CCOc1ccc(C(=O)N2CCO[C@@H]3CC[C@H](C(N)=O)C[C@H]32)cc1Cl.O=CO. The number of hydrogen-bond acceptors (Lipinski definition) is 5. The van der Waals surface area contributed by atoms with Gasteiger partial charge in [-0.25, -0.2) is 0 Å². The van der Waals surface area contributed by atoms with Crippen LogP contribution >= 0.6 is 11.6 Å². The molecule has 0 spiro atoms. The minimum atomic E-state index is -0.305. The number of morpholine rings is 1. The molecule has 2 aliphatic rings. The smallest absolute Gasteiger partial charge is 0.290 e. The Balaban J connectivity index is 0.000000878. The Morgan fingerprint density at radius 3 is 2.75 bits per heavy atom. The van der Waals surface area contributed by atoms with Crippen LogP contribution in [-0.4, -0.2) is 60.2 Å². The number of carbonyl (C=O) groups excluding carboxylic acids is 2. The summed E-state index contributed by atoms with van der Waals surface area (Å²) in [5, 5.41) is 7.30. The predicted octanol–water partition coefficient (Wildman–Crippen LogP) is 1.93. The predicted molar refractivity (Wildman–Crippen MR) is 102 cm³/mol. The van der Waals surface area contributed by atoms with Crippen molar-refractivity contribution in [1.82, 2.24) is 4.90 Å². The van der Waals surface area contributed by atoms with Gasteiger partial charge in [0, 0.05) is 18.0 Å². The lowest BCUT2D eigenvalue weighted by Gasteiger charge is -2.45. The van der Waals surface area contributed by atoms with E-state index in [2.05, 4.69) is 0 Å². The maximum atomic E-state index is 13.0. The monoisotopic (exact) mass is 412 g/mol. The van der Waals surface area contributed by atoms with Crippen molar-refractivity contribution in [3.8, 4) is 5.75 Å². The van der Waals surface area contributed by atoms with Crippen molar-refractivity contribution < 1.29 is 29.0 Å². The van der Waals surface area contributed by atoms with E-state index >= 15 is 0 Å². The van der Waals surface area contributed by atoms with Crippen molar-refractivity contribution >= 4 is 29.9 Å². The van der Waals surface area contributed by atoms with E-state index < -0.39 is 0 Å². The molecule has 154 valence electrons. The zero-order valence-electron chi connectivity index (χ0n) is 15.7. The minimum Gasteiger partial charge on any atom is -0.492 e. The molecule has 28 heavy (non-hydrogen) atoms. The van der Waals surface area contributed by atoms with Crippen LogP contribution in [0.1, 0.15) is 36.5 Å². The largest absolute Gasteiger partial charge is 0.492 e. The molecule has 0 unspecified atom stereocenters. The van der Waals surface area contributed by atoms with Crippen LogP contribution in [0.25, 0.3) is 0 Å². The number of carboxylic acid groups (broad SMARTS) is 1. The van der Waals surface area contributed by atoms with E-state index in [0.717, 1.165) is 6.42 Å². The van der Waals surface area contributed by atoms with Crippen LogP contribution in [0, 0.1) is 5.92 Å². The molecule has 1 aliphatic heterocycles. The van der Waals surface area contributed by atoms with E-state index in [1.54, 1.807) is 23.1 Å². The van der Waals surface area contributed by atoms with E-state index in [-0.39, 0.29) is 36.4 Å². The van der Waals surface area contributed by atoms with Gasteiger partial charge in [0.05, 0.1) is 30.4 Å². The summed E-state index contributed by atoms with van der Waals surface area (Å²) in [6, 6.07) is 4.94. The molecule has 0 bridgehead atoms. The standard InChI is InChI=1S/C18H23ClN2O4.CH2O2/c1-2-24-15-5-4-12(9-13(15)19)18(23)21-7-8-25-16-6-3-11(17(20)22)10-14(16)21;2-1-3/h4-5,9,11,14,16H,2-3,6-8,10H2,1H3,(H2,20,22);1H,(H,2,3)/t11-,14+,16+;/m0./s1. The summed E-state index contributed by atoms with van der Waals surface area (Å²) >= 11 is 6.21. The zero-order valence-corrected chi connectivity index (χ0v) is 16.4. The van der Waals surface area contributed by atoms with Gasteiger partial charge in [0.15, 0.2) is 0 Å². The molecule has 1 aromatic carbocycles. The molecule has 8 nitrogen and oxygen atoms in total. The van der Waals surface area contributed by atoms with E-state index in [1.807, 2.05) is 6.92 Å². The lowest BCUT2D eigenvalue weighted by Crippen LogP contribution is -2.57. The number of amides is 2. The van der Waals surface area contributed by atoms with E-state index in [0.29, 0.717) is 48.9 Å². The fourth-order valence-corrected chi connectivity index (χ4v) is 3.93. The van der Waals surface area contributed by atoms with Crippen molar-refractivity contribution in [1.29, 1.82) is 0 Å². The highest BCUT2D eigenvalue weighted by Crippen LogP contribution is 2.34. The highest BCUT2D eigenvalue weighted by Gasteiger charge is 2.41. The molecule has 9 heteroatoms. The Morgan fingerprint density at radius 2 is 2.14 bits per heavy atom. The first-order chi connectivity index (χ1) is 13.4. The van der Waals surface area contributed by atoms with Crippen LogP contribution in [0.15, 0.2) is 18.2 Å². The summed E-state index contributed by atoms with van der Waals surface area (Å²) < 4.78 is 11.2. The van der Waals surface area contributed by atoms with Gasteiger partial charge in [-0.15, -0.1) is 0 Å². The van der Waals surface area contributed by atoms with E-state index in [9.17, 15) is 9.59 Å². The van der Waals surface area contributed by atoms with Crippen molar-refractivity contribution in [2.75, 3.05) is 19.8 Å². The number of nitrogens with two attached hydrogens (primary N) is 1. The summed E-state index contributed by atoms with van der Waals surface area (Å²) in [7, 11) is 0. The number of hydrogen-bond donors (Lipinski definition) is 2. The normalized spacial score (nSPS) is 23.6. The van der Waals surface area contributed by atoms with Gasteiger partial charge in [-0.3, -0.25) is 14.4 Å². The molecule has 1 saturated carbocycles. The van der Waals surface area contributed by atoms with Crippen molar-refractivity contribution in [3.63, 3.8) is 0 Å². The maximum absolute atomic E-state index is 13.0. The third-order valence-electron chi connectivity index (χ3n) is 4.96. The van der Waals surface area contributed by atoms with Crippen LogP contribution in [-0.2, 0) is 14.3 Å². The summed E-state index contributed by atoms with van der Waals surface area (Å²) in [5.74, 6) is -0.0527. The Morgan fingerprint density at radius 1 is 1.43 bits per heavy atom. The number of fused-ring (bicyclic) bond motifs is 1.